The van der Waals surface area contributed by atoms with E-state index in [2.05, 4.69) is 5.10 Å². The predicted molar refractivity (Wildman–Crippen MR) is 239 cm³/mol. The lowest BCUT2D eigenvalue weighted by atomic mass is 9.73. The molecule has 0 aliphatic carbocycles. The number of ether oxygens (including phenoxy) is 8. The van der Waals surface area contributed by atoms with Gasteiger partial charge in [0.2, 0.25) is 0 Å². The molecule has 1 aromatic carbocycles. The molecule has 16 nitrogen and oxygen atoms in total. The molecule has 0 radical (unpaired) electrons. The molecule has 3 aliphatic heterocycles. The number of benzene rings is 1. The normalized spacial score (nSPS) is 43.4. The quantitative estimate of drug-likeness (QED) is 0.135. The molecule has 0 amide bonds. The Labute approximate surface area is 375 Å². The van der Waals surface area contributed by atoms with Crippen molar-refractivity contribution in [2.45, 2.75) is 186 Å². The first kappa shape index (κ1) is 53.0. The van der Waals surface area contributed by atoms with Gasteiger partial charge in [0.15, 0.2) is 12.6 Å². The second-order valence-electron chi connectivity index (χ2n) is 19.2. The molecule has 3 saturated heterocycles. The van der Waals surface area contributed by atoms with Crippen LogP contribution in [0.1, 0.15) is 107 Å². The van der Waals surface area contributed by atoms with E-state index in [9.17, 15) is 25.2 Å². The Morgan fingerprint density at radius 2 is 1.49 bits per heavy atom. The fraction of sp³-hybridized carbons (Fsp3) is 0.809. The van der Waals surface area contributed by atoms with Crippen molar-refractivity contribution in [1.82, 2.24) is 4.90 Å². The van der Waals surface area contributed by atoms with E-state index in [1.165, 1.54) is 14.0 Å². The van der Waals surface area contributed by atoms with Crippen molar-refractivity contribution in [2.75, 3.05) is 35.4 Å². The highest BCUT2D eigenvalue weighted by atomic mass is 16.7. The van der Waals surface area contributed by atoms with Crippen LogP contribution in [0.4, 0.5) is 0 Å². The minimum atomic E-state index is -1.94. The maximum Gasteiger partial charge on any atom is 0.311 e. The molecule has 3 heterocycles. The number of aliphatic hydroxyl groups excluding tert-OH is 3. The number of hydrogen-bond acceptors (Lipinski definition) is 16. The topological polar surface area (TPSA) is 200 Å². The zero-order chi connectivity index (χ0) is 47.4. The van der Waals surface area contributed by atoms with Crippen LogP contribution in [0.3, 0.4) is 0 Å². The zero-order valence-electron chi connectivity index (χ0n) is 40.6. The summed E-state index contributed by atoms with van der Waals surface area (Å²) in [5.74, 6) is -2.99. The molecule has 4 rings (SSSR count). The Hall–Kier alpha value is -2.61. The molecule has 0 saturated carbocycles. The Bertz CT molecular complexity index is 1690. The van der Waals surface area contributed by atoms with Gasteiger partial charge in [-0.2, -0.15) is 10.2 Å². The van der Waals surface area contributed by atoms with Gasteiger partial charge in [-0.05, 0) is 118 Å². The van der Waals surface area contributed by atoms with Crippen LogP contribution in [-0.2, 0) is 38.0 Å². The second kappa shape index (κ2) is 21.8. The Kier molecular flexibility index (Phi) is 18.3. The summed E-state index contributed by atoms with van der Waals surface area (Å²) in [6, 6.07) is 7.13. The largest absolute Gasteiger partial charge is 0.497 e. The maximum absolute atomic E-state index is 14.5. The number of nitrogens with zero attached hydrogens (tertiary/aromatic N) is 3. The Morgan fingerprint density at radius 3 is 2.05 bits per heavy atom. The zero-order valence-corrected chi connectivity index (χ0v) is 40.6. The fourth-order valence-electron chi connectivity index (χ4n) is 9.81. The summed E-state index contributed by atoms with van der Waals surface area (Å²) in [5.41, 5.74) is -2.33. The van der Waals surface area contributed by atoms with Crippen molar-refractivity contribution in [3.8, 4) is 5.75 Å². The lowest BCUT2D eigenvalue weighted by Crippen LogP contribution is -2.61. The molecule has 3 fully saturated rings. The minimum absolute atomic E-state index is 0.128. The molecule has 0 bridgehead atoms. The van der Waals surface area contributed by atoms with Crippen molar-refractivity contribution in [2.24, 2.45) is 33.9 Å². The van der Waals surface area contributed by atoms with Crippen LogP contribution >= 0.6 is 0 Å². The molecule has 4 unspecified atom stereocenters. The van der Waals surface area contributed by atoms with Gasteiger partial charge in [-0.15, -0.1) is 0 Å². The average molecular weight is 894 g/mol. The molecule has 3 aliphatic rings. The molecule has 18 atom stereocenters. The number of rotatable bonds is 11. The molecule has 63 heavy (non-hydrogen) atoms. The van der Waals surface area contributed by atoms with Gasteiger partial charge in [0, 0.05) is 44.2 Å². The van der Waals surface area contributed by atoms with Crippen molar-refractivity contribution in [3.63, 3.8) is 0 Å². The SMILES string of the molecule is CC[C@H]1OC(=O)[C@H](C)[C@@H](O[C@H]2C[C@@](C)(OC)[C@@H](O)[C@H](C)O2)[C@H](C)[C@@H](OC2OC(C)CC(N(C)C)C2O)[C@](C)(OC)C[C@@H](C)/C(=N\N=C(/C)c2ccc(OC)cc2)[C@H](C)[C@@H](O)[C@]1(C)O. The Morgan fingerprint density at radius 1 is 0.873 bits per heavy atom. The molecule has 0 aromatic heterocycles. The van der Waals surface area contributed by atoms with Crippen molar-refractivity contribution >= 4 is 17.4 Å². The van der Waals surface area contributed by atoms with Crippen LogP contribution in [-0.4, -0.2) is 162 Å². The highest BCUT2D eigenvalue weighted by molar-refractivity contribution is 5.99. The Balaban J connectivity index is 1.94. The van der Waals surface area contributed by atoms with Gasteiger partial charge >= 0.3 is 5.97 Å². The highest BCUT2D eigenvalue weighted by Gasteiger charge is 2.54. The highest BCUT2D eigenvalue weighted by Crippen LogP contribution is 2.42. The van der Waals surface area contributed by atoms with Gasteiger partial charge in [-0.3, -0.25) is 4.79 Å². The first-order valence-electron chi connectivity index (χ1n) is 22.5. The lowest BCUT2D eigenvalue weighted by Gasteiger charge is -2.50. The first-order valence-corrected chi connectivity index (χ1v) is 22.5. The number of aliphatic hydroxyl groups is 4. The third-order valence-corrected chi connectivity index (χ3v) is 14.1. The van der Waals surface area contributed by atoms with Crippen LogP contribution in [0.2, 0.25) is 0 Å². The summed E-state index contributed by atoms with van der Waals surface area (Å²) in [7, 11) is 8.49. The van der Waals surface area contributed by atoms with Gasteiger partial charge < -0.3 is 63.2 Å². The van der Waals surface area contributed by atoms with Crippen LogP contribution in [0.25, 0.3) is 0 Å². The van der Waals surface area contributed by atoms with Crippen LogP contribution in [0.15, 0.2) is 34.5 Å². The molecule has 4 N–H and O–H groups in total. The summed E-state index contributed by atoms with van der Waals surface area (Å²) in [5, 5.41) is 56.7. The van der Waals surface area contributed by atoms with E-state index in [0.717, 1.165) is 5.56 Å². The first-order chi connectivity index (χ1) is 29.4. The van der Waals surface area contributed by atoms with Gasteiger partial charge in [0.25, 0.3) is 0 Å². The third-order valence-electron chi connectivity index (χ3n) is 14.1. The van der Waals surface area contributed by atoms with Gasteiger partial charge in [-0.1, -0.05) is 27.7 Å². The summed E-state index contributed by atoms with van der Waals surface area (Å²) < 4.78 is 50.3. The third kappa shape index (κ3) is 11.9. The number of likely N-dealkylation sites (N-methyl/N-ethyl adjacent to an activating group) is 1. The number of cyclic esters (lactones) is 1. The number of hydrogen-bond donors (Lipinski definition) is 4. The van der Waals surface area contributed by atoms with Crippen LogP contribution in [0, 0.1) is 23.7 Å². The van der Waals surface area contributed by atoms with Crippen LogP contribution < -0.4 is 4.74 Å². The van der Waals surface area contributed by atoms with Gasteiger partial charge in [0.05, 0.1) is 60.5 Å². The van der Waals surface area contributed by atoms with Crippen molar-refractivity contribution < 1.29 is 63.1 Å². The minimum Gasteiger partial charge on any atom is -0.497 e. The molecule has 16 heteroatoms. The van der Waals surface area contributed by atoms with Crippen molar-refractivity contribution in [3.05, 3.63) is 29.8 Å². The summed E-state index contributed by atoms with van der Waals surface area (Å²) >= 11 is 0. The second-order valence-corrected chi connectivity index (χ2v) is 19.2. The smallest absolute Gasteiger partial charge is 0.311 e. The molecule has 360 valence electrons. The number of esters is 1. The van der Waals surface area contributed by atoms with E-state index in [-0.39, 0.29) is 31.4 Å². The lowest BCUT2D eigenvalue weighted by molar-refractivity contribution is -0.319. The van der Waals surface area contributed by atoms with E-state index in [4.69, 9.17) is 43.0 Å². The summed E-state index contributed by atoms with van der Waals surface area (Å²) in [6.07, 6.45) is -8.49. The van der Waals surface area contributed by atoms with Gasteiger partial charge in [0.1, 0.15) is 29.7 Å². The van der Waals surface area contributed by atoms with E-state index in [1.54, 1.807) is 48.8 Å². The number of carbonyl (C=O) groups excluding carboxylic acids is 1. The monoisotopic (exact) mass is 894 g/mol. The standard InChI is InChI=1S/C47H79N3O13/c1-17-35-47(11,55)40(52)27(4)37(49-48-30(7)32-18-20-33(56-14)21-19-32)25(2)23-46(10,58-16)42(63-44-38(51)34(50(12)13)22-26(3)59-44)28(5)39(29(6)43(54)61-35)62-36-24-45(9,57-15)41(53)31(8)60-36/h18-21,25-29,31,34-36,38-42,44,51-53,55H,17,22-24H2,1-16H3/b48-30+,49-37+/t25-,26?,27+,28+,29-,31+,34?,35-,36+,38?,39+,40-,41+,42-,44?,45-,46-,47-/m1/s1. The van der Waals surface area contributed by atoms with Gasteiger partial charge in [-0.25, -0.2) is 0 Å². The van der Waals surface area contributed by atoms with E-state index >= 15 is 0 Å². The van der Waals surface area contributed by atoms with Crippen molar-refractivity contribution in [1.29, 1.82) is 0 Å². The van der Waals surface area contributed by atoms with E-state index < -0.39 is 102 Å². The van der Waals surface area contributed by atoms with E-state index in [0.29, 0.717) is 23.6 Å². The van der Waals surface area contributed by atoms with E-state index in [1.807, 2.05) is 77.9 Å². The molecular weight excluding hydrogens is 815 g/mol. The molecular formula is C47H79N3O13. The fourth-order valence-corrected chi connectivity index (χ4v) is 9.81. The average Bonchev–Trinajstić information content (AvgIpc) is 3.24. The summed E-state index contributed by atoms with van der Waals surface area (Å²) in [4.78, 5) is 16.5. The van der Waals surface area contributed by atoms with Crippen LogP contribution in [0.5, 0.6) is 5.75 Å². The molecule has 0 spiro atoms. The number of carbonyl (C=O) groups is 1. The maximum atomic E-state index is 14.5. The molecule has 1 aromatic rings. The summed E-state index contributed by atoms with van der Waals surface area (Å²) in [6.45, 7) is 19.7. The number of methoxy groups -OCH3 is 3. The predicted octanol–water partition coefficient (Wildman–Crippen LogP) is 4.74.